The zero-order chi connectivity index (χ0) is 22.1. The van der Waals surface area contributed by atoms with Crippen molar-refractivity contribution in [2.75, 3.05) is 31.3 Å². The number of amidine groups is 1. The Balaban J connectivity index is 2.63. The highest BCUT2D eigenvalue weighted by atomic mass is 35.5. The predicted octanol–water partition coefficient (Wildman–Crippen LogP) is 2.84. The molecule has 160 valence electrons. The van der Waals surface area contributed by atoms with Crippen LogP contribution in [0, 0.1) is 0 Å². The normalized spacial score (nSPS) is 12.9. The monoisotopic (exact) mass is 429 g/mol. The fourth-order valence-corrected chi connectivity index (χ4v) is 2.69. The van der Waals surface area contributed by atoms with Gasteiger partial charge in [-0.15, -0.1) is 11.6 Å². The molecule has 1 atom stereocenters. The van der Waals surface area contributed by atoms with Crippen LogP contribution in [0.25, 0.3) is 0 Å². The van der Waals surface area contributed by atoms with Crippen molar-refractivity contribution in [2.45, 2.75) is 25.9 Å². The summed E-state index contributed by atoms with van der Waals surface area (Å²) in [5.74, 6) is 1.21. The average Bonchev–Trinajstić information content (AvgIpc) is 2.78. The standard InChI is InChI=1S/C20H28ClN9/c1-6-24-14-30(17-9-7-16(13-21)8-10-17)20(18-19(22)26-12-11-25-18)27-15(2)28(4)29(5)23-3/h7-12,14-15H,3,6,13H2,1-2,4-5H3,(H2,22,26)/b24-14+,27-20-. The van der Waals surface area contributed by atoms with E-state index in [4.69, 9.17) is 22.3 Å². The molecule has 0 bridgehead atoms. The summed E-state index contributed by atoms with van der Waals surface area (Å²) in [5.41, 5.74) is 8.46. The van der Waals surface area contributed by atoms with Crippen LogP contribution in [0.3, 0.4) is 0 Å². The fourth-order valence-electron chi connectivity index (χ4n) is 2.51. The predicted molar refractivity (Wildman–Crippen MR) is 125 cm³/mol. The molecule has 0 aliphatic carbocycles. The number of alkyl halides is 1. The van der Waals surface area contributed by atoms with Crippen LogP contribution < -0.4 is 10.6 Å². The van der Waals surface area contributed by atoms with Gasteiger partial charge >= 0.3 is 0 Å². The molecule has 1 heterocycles. The molecule has 9 nitrogen and oxygen atoms in total. The van der Waals surface area contributed by atoms with Gasteiger partial charge < -0.3 is 5.73 Å². The third-order valence-electron chi connectivity index (χ3n) is 4.43. The van der Waals surface area contributed by atoms with Gasteiger partial charge in [-0.3, -0.25) is 9.89 Å². The number of rotatable bonds is 9. The molecular formula is C20H28ClN9. The number of halogens is 1. The molecule has 0 spiro atoms. The molecule has 0 radical (unpaired) electrons. The summed E-state index contributed by atoms with van der Waals surface area (Å²) in [6.07, 6.45) is 4.53. The summed E-state index contributed by atoms with van der Waals surface area (Å²) in [6, 6.07) is 7.82. The Hall–Kier alpha value is -3.04. The Bertz CT molecular complexity index is 882. The average molecular weight is 430 g/mol. The Morgan fingerprint density at radius 1 is 1.23 bits per heavy atom. The van der Waals surface area contributed by atoms with Crippen molar-refractivity contribution >= 4 is 42.0 Å². The van der Waals surface area contributed by atoms with Gasteiger partial charge in [-0.05, 0) is 31.5 Å². The van der Waals surface area contributed by atoms with Crippen molar-refractivity contribution in [1.29, 1.82) is 0 Å². The van der Waals surface area contributed by atoms with Gasteiger partial charge in [-0.25, -0.2) is 20.1 Å². The molecule has 0 aliphatic rings. The molecule has 1 aromatic heterocycles. The molecule has 10 heteroatoms. The first kappa shape index (κ1) is 23.2. The number of nitrogens with zero attached hydrogens (tertiary/aromatic N) is 8. The van der Waals surface area contributed by atoms with Crippen LogP contribution in [-0.2, 0) is 5.88 Å². The number of aromatic nitrogens is 2. The number of hydrazine groups is 1. The van der Waals surface area contributed by atoms with Gasteiger partial charge in [-0.1, -0.05) is 12.1 Å². The quantitative estimate of drug-likeness (QED) is 0.285. The number of hydrazone groups is 1. The minimum atomic E-state index is -0.309. The van der Waals surface area contributed by atoms with E-state index in [1.165, 1.54) is 0 Å². The second-order valence-electron chi connectivity index (χ2n) is 6.36. The molecule has 1 unspecified atom stereocenters. The van der Waals surface area contributed by atoms with Gasteiger partial charge in [0.25, 0.3) is 0 Å². The van der Waals surface area contributed by atoms with E-state index >= 15 is 0 Å². The highest BCUT2D eigenvalue weighted by Crippen LogP contribution is 2.20. The Labute approximate surface area is 182 Å². The largest absolute Gasteiger partial charge is 0.382 e. The van der Waals surface area contributed by atoms with E-state index in [0.29, 0.717) is 24.0 Å². The van der Waals surface area contributed by atoms with Gasteiger partial charge in [-0.2, -0.15) is 10.1 Å². The topological polar surface area (TPSA) is 98.6 Å². The van der Waals surface area contributed by atoms with Crippen LogP contribution in [0.4, 0.5) is 11.5 Å². The van der Waals surface area contributed by atoms with Crippen molar-refractivity contribution in [1.82, 2.24) is 20.1 Å². The van der Waals surface area contributed by atoms with E-state index in [9.17, 15) is 0 Å². The number of hydrogen-bond donors (Lipinski definition) is 1. The summed E-state index contributed by atoms with van der Waals surface area (Å²) in [6.45, 7) is 8.05. The van der Waals surface area contributed by atoms with Gasteiger partial charge in [0, 0.05) is 51.3 Å². The van der Waals surface area contributed by atoms with Crippen LogP contribution in [0.2, 0.25) is 0 Å². The molecular weight excluding hydrogens is 402 g/mol. The summed E-state index contributed by atoms with van der Waals surface area (Å²) in [4.78, 5) is 19.8. The molecule has 2 N–H and O–H groups in total. The van der Waals surface area contributed by atoms with Gasteiger partial charge in [0.05, 0.1) is 6.34 Å². The summed E-state index contributed by atoms with van der Waals surface area (Å²) >= 11 is 5.95. The first-order chi connectivity index (χ1) is 14.4. The fraction of sp³-hybridized carbons (Fsp3) is 0.350. The molecule has 0 saturated carbocycles. The highest BCUT2D eigenvalue weighted by molar-refractivity contribution is 6.20. The van der Waals surface area contributed by atoms with Crippen LogP contribution in [0.5, 0.6) is 0 Å². The van der Waals surface area contributed by atoms with Crippen LogP contribution in [0.1, 0.15) is 25.1 Å². The first-order valence-electron chi connectivity index (χ1n) is 9.44. The summed E-state index contributed by atoms with van der Waals surface area (Å²) < 4.78 is 0. The van der Waals surface area contributed by atoms with Crippen molar-refractivity contribution in [3.05, 3.63) is 47.9 Å². The lowest BCUT2D eigenvalue weighted by Crippen LogP contribution is -2.41. The Morgan fingerprint density at radius 3 is 2.47 bits per heavy atom. The van der Waals surface area contributed by atoms with E-state index in [1.807, 2.05) is 55.1 Å². The number of nitrogens with two attached hydrogens (primary N) is 1. The maximum absolute atomic E-state index is 6.15. The second-order valence-corrected chi connectivity index (χ2v) is 6.63. The molecule has 2 aromatic rings. The van der Waals surface area contributed by atoms with E-state index in [-0.39, 0.29) is 12.0 Å². The summed E-state index contributed by atoms with van der Waals surface area (Å²) in [5, 5.41) is 7.34. The molecule has 0 aliphatic heterocycles. The molecule has 0 fully saturated rings. The van der Waals surface area contributed by atoms with Crippen LogP contribution in [-0.4, -0.2) is 65.8 Å². The van der Waals surface area contributed by atoms with Crippen molar-refractivity contribution in [3.8, 4) is 0 Å². The van der Waals surface area contributed by atoms with E-state index in [1.54, 1.807) is 30.9 Å². The smallest absolute Gasteiger partial charge is 0.165 e. The SMILES string of the molecule is C=NN(C)N(C)C(C)/N=C(/c1nccnc1N)N(/C=N/CC)c1ccc(CCl)cc1. The lowest BCUT2D eigenvalue weighted by atomic mass is 10.2. The van der Waals surface area contributed by atoms with Crippen LogP contribution >= 0.6 is 11.6 Å². The van der Waals surface area contributed by atoms with Crippen molar-refractivity contribution in [3.63, 3.8) is 0 Å². The number of hydrogen-bond acceptors (Lipinski definition) is 8. The maximum Gasteiger partial charge on any atom is 0.165 e. The van der Waals surface area contributed by atoms with Gasteiger partial charge in [0.15, 0.2) is 11.7 Å². The summed E-state index contributed by atoms with van der Waals surface area (Å²) in [7, 11) is 3.65. The zero-order valence-electron chi connectivity index (χ0n) is 17.8. The zero-order valence-corrected chi connectivity index (χ0v) is 18.5. The molecule has 0 amide bonds. The number of nitrogen functional groups attached to an aromatic ring is 1. The highest BCUT2D eigenvalue weighted by Gasteiger charge is 2.22. The maximum atomic E-state index is 6.15. The third-order valence-corrected chi connectivity index (χ3v) is 4.73. The van der Waals surface area contributed by atoms with Gasteiger partial charge in [0.1, 0.15) is 11.9 Å². The van der Waals surface area contributed by atoms with Crippen molar-refractivity contribution in [2.24, 2.45) is 15.1 Å². The minimum Gasteiger partial charge on any atom is -0.382 e. The number of anilines is 2. The van der Waals surface area contributed by atoms with Gasteiger partial charge in [0.2, 0.25) is 0 Å². The van der Waals surface area contributed by atoms with E-state index in [0.717, 1.165) is 11.3 Å². The molecule has 30 heavy (non-hydrogen) atoms. The van der Waals surface area contributed by atoms with Crippen molar-refractivity contribution < 1.29 is 0 Å². The number of aliphatic imine (C=N–C) groups is 2. The molecule has 0 saturated heterocycles. The number of benzene rings is 1. The van der Waals surface area contributed by atoms with E-state index < -0.39 is 0 Å². The Morgan fingerprint density at radius 2 is 1.90 bits per heavy atom. The lowest BCUT2D eigenvalue weighted by Gasteiger charge is -2.30. The molecule has 1 aromatic carbocycles. The lowest BCUT2D eigenvalue weighted by molar-refractivity contribution is -0.00138. The van der Waals surface area contributed by atoms with E-state index in [2.05, 4.69) is 26.8 Å². The molecule has 2 rings (SSSR count). The Kier molecular flexibility index (Phi) is 8.70. The first-order valence-corrected chi connectivity index (χ1v) is 9.98. The second kappa shape index (κ2) is 11.2. The van der Waals surface area contributed by atoms with Crippen LogP contribution in [0.15, 0.2) is 51.7 Å². The minimum absolute atomic E-state index is 0.272. The third kappa shape index (κ3) is 5.74.